The molecule has 2 heterocycles. The van der Waals surface area contributed by atoms with E-state index in [9.17, 15) is 14.4 Å². The van der Waals surface area contributed by atoms with Crippen molar-refractivity contribution in [2.24, 2.45) is 0 Å². The third-order valence-electron chi connectivity index (χ3n) is 4.88. The van der Waals surface area contributed by atoms with Gasteiger partial charge in [-0.3, -0.25) is 19.3 Å². The van der Waals surface area contributed by atoms with Gasteiger partial charge in [0.2, 0.25) is 5.91 Å². The number of piperazine rings is 1. The van der Waals surface area contributed by atoms with Gasteiger partial charge in [-0.1, -0.05) is 13.3 Å². The summed E-state index contributed by atoms with van der Waals surface area (Å²) in [6, 6.07) is 0. The number of aromatic nitrogens is 1. The topological polar surface area (TPSA) is 85.5 Å². The van der Waals surface area contributed by atoms with Crippen LogP contribution in [0.1, 0.15) is 58.8 Å². The van der Waals surface area contributed by atoms with E-state index in [1.807, 2.05) is 13.8 Å². The zero-order valence-corrected chi connectivity index (χ0v) is 16.3. The number of aryl methyl sites for hydroxylation is 1. The normalized spacial score (nSPS) is 15.2. The Labute approximate surface area is 155 Å². The van der Waals surface area contributed by atoms with Gasteiger partial charge < -0.3 is 15.2 Å². The highest BCUT2D eigenvalue weighted by Gasteiger charge is 2.27. The highest BCUT2D eigenvalue weighted by Crippen LogP contribution is 2.20. The summed E-state index contributed by atoms with van der Waals surface area (Å²) in [5.74, 6) is -0.0699. The number of amides is 2. The summed E-state index contributed by atoms with van der Waals surface area (Å²) in [5.41, 5.74) is 2.56. The second kappa shape index (κ2) is 8.98. The summed E-state index contributed by atoms with van der Waals surface area (Å²) in [7, 11) is 0. The molecule has 144 valence electrons. The average molecular weight is 362 g/mol. The van der Waals surface area contributed by atoms with Gasteiger partial charge in [-0.2, -0.15) is 0 Å². The molecule has 0 spiro atoms. The van der Waals surface area contributed by atoms with Crippen LogP contribution in [-0.2, 0) is 4.79 Å². The Morgan fingerprint density at radius 3 is 2.31 bits per heavy atom. The summed E-state index contributed by atoms with van der Waals surface area (Å²) in [4.78, 5) is 43.4. The lowest BCUT2D eigenvalue weighted by Gasteiger charge is -2.34. The highest BCUT2D eigenvalue weighted by molar-refractivity contribution is 6.02. The van der Waals surface area contributed by atoms with Crippen LogP contribution >= 0.6 is 0 Å². The van der Waals surface area contributed by atoms with E-state index in [1.165, 1.54) is 6.92 Å². The van der Waals surface area contributed by atoms with Gasteiger partial charge in [0.25, 0.3) is 5.91 Å². The molecule has 0 radical (unpaired) electrons. The van der Waals surface area contributed by atoms with Gasteiger partial charge in [0.1, 0.15) is 5.69 Å². The fraction of sp³-hybridized carbons (Fsp3) is 0.632. The fourth-order valence-electron chi connectivity index (χ4n) is 3.42. The van der Waals surface area contributed by atoms with Gasteiger partial charge in [-0.05, 0) is 32.8 Å². The Bertz CT molecular complexity index is 673. The molecule has 2 rings (SSSR count). The predicted molar refractivity (Wildman–Crippen MR) is 101 cm³/mol. The molecule has 1 aliphatic rings. The monoisotopic (exact) mass is 362 g/mol. The number of aromatic amines is 1. The molecule has 0 saturated carbocycles. The van der Waals surface area contributed by atoms with Crippen molar-refractivity contribution in [3.05, 3.63) is 22.5 Å². The lowest BCUT2D eigenvalue weighted by molar-refractivity contribution is -0.122. The van der Waals surface area contributed by atoms with Crippen LogP contribution < -0.4 is 5.32 Å². The largest absolute Gasteiger partial charge is 0.355 e. The average Bonchev–Trinajstić information content (AvgIpc) is 2.89. The van der Waals surface area contributed by atoms with E-state index < -0.39 is 0 Å². The first-order valence-corrected chi connectivity index (χ1v) is 9.33. The van der Waals surface area contributed by atoms with E-state index in [1.54, 1.807) is 4.90 Å². The molecule has 1 aromatic heterocycles. The van der Waals surface area contributed by atoms with Crippen molar-refractivity contribution in [3.63, 3.8) is 0 Å². The van der Waals surface area contributed by atoms with Crippen LogP contribution in [0.4, 0.5) is 0 Å². The second-order valence-corrected chi connectivity index (χ2v) is 6.95. The minimum atomic E-state index is -0.0786. The standard InChI is InChI=1S/C19H30N4O3/c1-5-6-7-20-16(25)12-22-8-10-23(11-9-22)19(26)18-13(2)17(15(4)24)14(3)21-18/h21H,5-12H2,1-4H3,(H,20,25). The number of H-pyrrole nitrogens is 1. The van der Waals surface area contributed by atoms with Crippen molar-refractivity contribution in [2.75, 3.05) is 39.3 Å². The lowest BCUT2D eigenvalue weighted by atomic mass is 10.1. The number of carbonyl (C=O) groups is 3. The number of unbranched alkanes of at least 4 members (excludes halogenated alkanes) is 1. The zero-order chi connectivity index (χ0) is 19.3. The third kappa shape index (κ3) is 4.72. The van der Waals surface area contributed by atoms with Crippen LogP contribution in [0.5, 0.6) is 0 Å². The van der Waals surface area contributed by atoms with Crippen LogP contribution in [0.3, 0.4) is 0 Å². The van der Waals surface area contributed by atoms with E-state index in [4.69, 9.17) is 0 Å². The smallest absolute Gasteiger partial charge is 0.270 e. The molecule has 1 fully saturated rings. The molecule has 0 bridgehead atoms. The van der Waals surface area contributed by atoms with E-state index >= 15 is 0 Å². The minimum absolute atomic E-state index is 0.0331. The Hall–Kier alpha value is -2.15. The number of carbonyl (C=O) groups excluding carboxylic acids is 3. The van der Waals surface area contributed by atoms with Crippen molar-refractivity contribution >= 4 is 17.6 Å². The Kier molecular flexibility index (Phi) is 6.97. The Morgan fingerprint density at radius 2 is 1.77 bits per heavy atom. The van der Waals surface area contributed by atoms with Gasteiger partial charge in [0, 0.05) is 44.0 Å². The molecule has 1 saturated heterocycles. The predicted octanol–water partition coefficient (Wildman–Crippen LogP) is 1.51. The number of nitrogens with one attached hydrogen (secondary N) is 2. The maximum Gasteiger partial charge on any atom is 0.270 e. The molecule has 7 nitrogen and oxygen atoms in total. The van der Waals surface area contributed by atoms with E-state index in [0.717, 1.165) is 30.6 Å². The summed E-state index contributed by atoms with van der Waals surface area (Å²) in [6.45, 7) is 10.8. The summed E-state index contributed by atoms with van der Waals surface area (Å²) >= 11 is 0. The molecule has 0 unspecified atom stereocenters. The van der Waals surface area contributed by atoms with Crippen LogP contribution in [0.25, 0.3) is 0 Å². The molecule has 0 aromatic carbocycles. The van der Waals surface area contributed by atoms with E-state index in [0.29, 0.717) is 44.0 Å². The van der Waals surface area contributed by atoms with Gasteiger partial charge >= 0.3 is 0 Å². The number of nitrogens with zero attached hydrogens (tertiary/aromatic N) is 2. The third-order valence-corrected chi connectivity index (χ3v) is 4.88. The van der Waals surface area contributed by atoms with Crippen molar-refractivity contribution in [1.29, 1.82) is 0 Å². The fourth-order valence-corrected chi connectivity index (χ4v) is 3.42. The second-order valence-electron chi connectivity index (χ2n) is 6.95. The molecular weight excluding hydrogens is 332 g/mol. The lowest BCUT2D eigenvalue weighted by Crippen LogP contribution is -2.51. The van der Waals surface area contributed by atoms with Crippen LogP contribution in [0, 0.1) is 13.8 Å². The molecule has 1 aromatic rings. The molecule has 7 heteroatoms. The summed E-state index contributed by atoms with van der Waals surface area (Å²) in [6.07, 6.45) is 2.05. The van der Waals surface area contributed by atoms with E-state index in [2.05, 4.69) is 22.1 Å². The molecule has 0 aliphatic carbocycles. The van der Waals surface area contributed by atoms with Crippen molar-refractivity contribution in [2.45, 2.75) is 40.5 Å². The maximum absolute atomic E-state index is 12.8. The molecule has 2 amide bonds. The first-order chi connectivity index (χ1) is 12.3. The maximum atomic E-state index is 12.8. The van der Waals surface area contributed by atoms with Crippen LogP contribution in [0.15, 0.2) is 0 Å². The number of rotatable bonds is 7. The molecule has 0 atom stereocenters. The summed E-state index contributed by atoms with van der Waals surface area (Å²) in [5, 5.41) is 2.92. The molecule has 1 aliphatic heterocycles. The first-order valence-electron chi connectivity index (χ1n) is 9.33. The Morgan fingerprint density at radius 1 is 1.12 bits per heavy atom. The SMILES string of the molecule is CCCCNC(=O)CN1CCN(C(=O)c2[nH]c(C)c(C(C)=O)c2C)CC1. The Balaban J connectivity index is 1.90. The van der Waals surface area contributed by atoms with Crippen molar-refractivity contribution in [1.82, 2.24) is 20.1 Å². The van der Waals surface area contributed by atoms with Gasteiger partial charge in [-0.15, -0.1) is 0 Å². The van der Waals surface area contributed by atoms with Gasteiger partial charge in [0.05, 0.1) is 6.54 Å². The van der Waals surface area contributed by atoms with Gasteiger partial charge in [-0.25, -0.2) is 0 Å². The van der Waals surface area contributed by atoms with E-state index in [-0.39, 0.29) is 17.6 Å². The quantitative estimate of drug-likeness (QED) is 0.569. The van der Waals surface area contributed by atoms with Gasteiger partial charge in [0.15, 0.2) is 5.78 Å². The van der Waals surface area contributed by atoms with Crippen LogP contribution in [0.2, 0.25) is 0 Å². The van der Waals surface area contributed by atoms with Crippen molar-refractivity contribution in [3.8, 4) is 0 Å². The number of hydrogen-bond acceptors (Lipinski definition) is 4. The summed E-state index contributed by atoms with van der Waals surface area (Å²) < 4.78 is 0. The number of Topliss-reactive ketones (excluding diaryl/α,β-unsaturated/α-hetero) is 1. The van der Waals surface area contributed by atoms with Crippen molar-refractivity contribution < 1.29 is 14.4 Å². The number of hydrogen-bond donors (Lipinski definition) is 2. The highest BCUT2D eigenvalue weighted by atomic mass is 16.2. The minimum Gasteiger partial charge on any atom is -0.355 e. The molecular formula is C19H30N4O3. The zero-order valence-electron chi connectivity index (χ0n) is 16.3. The first kappa shape index (κ1) is 20.2. The van der Waals surface area contributed by atoms with Crippen LogP contribution in [-0.4, -0.2) is 71.6 Å². The molecule has 2 N–H and O–H groups in total. The number of ketones is 1. The molecule has 26 heavy (non-hydrogen) atoms.